The third kappa shape index (κ3) is 1.73. The van der Waals surface area contributed by atoms with E-state index in [4.69, 9.17) is 0 Å². The average molecular weight is 255 g/mol. The molecule has 2 nitrogen and oxygen atoms in total. The third-order valence-corrected chi connectivity index (χ3v) is 3.36. The van der Waals surface area contributed by atoms with Gasteiger partial charge in [0.05, 0.1) is 16.9 Å². The Morgan fingerprint density at radius 1 is 1.43 bits per heavy atom. The summed E-state index contributed by atoms with van der Waals surface area (Å²) < 4.78 is 1.12. The summed E-state index contributed by atoms with van der Waals surface area (Å²) in [6.07, 6.45) is 1.12. The molecule has 1 atom stereocenters. The number of rotatable bonds is 1. The highest BCUT2D eigenvalue weighted by molar-refractivity contribution is 9.10. The van der Waals surface area contributed by atoms with E-state index in [0.29, 0.717) is 0 Å². The maximum Gasteiger partial charge on any atom is 0.0592 e. The van der Waals surface area contributed by atoms with Crippen molar-refractivity contribution in [3.8, 4) is 0 Å². The highest BCUT2D eigenvalue weighted by Crippen LogP contribution is 2.33. The van der Waals surface area contributed by atoms with Crippen molar-refractivity contribution in [2.24, 2.45) is 0 Å². The summed E-state index contributed by atoms with van der Waals surface area (Å²) in [5.41, 5.74) is 2.56. The van der Waals surface area contributed by atoms with Crippen LogP contribution in [0, 0.1) is 0 Å². The Balaban J connectivity index is 2.33. The normalized spacial score (nSPS) is 24.8. The number of hydrogen-bond acceptors (Lipinski definition) is 2. The van der Waals surface area contributed by atoms with Crippen LogP contribution in [-0.2, 0) is 0 Å². The van der Waals surface area contributed by atoms with Gasteiger partial charge in [-0.25, -0.2) is 0 Å². The molecule has 0 spiro atoms. The van der Waals surface area contributed by atoms with Crippen molar-refractivity contribution in [3.05, 3.63) is 22.7 Å². The van der Waals surface area contributed by atoms with Gasteiger partial charge in [0.25, 0.3) is 0 Å². The van der Waals surface area contributed by atoms with Gasteiger partial charge in [-0.15, -0.1) is 0 Å². The smallest absolute Gasteiger partial charge is 0.0592 e. The maximum atomic E-state index is 3.57. The first-order chi connectivity index (χ1) is 6.63. The predicted molar refractivity (Wildman–Crippen MR) is 65.0 cm³/mol. The van der Waals surface area contributed by atoms with Crippen LogP contribution in [0.5, 0.6) is 0 Å². The zero-order valence-corrected chi connectivity index (χ0v) is 10.1. The van der Waals surface area contributed by atoms with E-state index in [2.05, 4.69) is 58.6 Å². The Labute approximate surface area is 93.2 Å². The van der Waals surface area contributed by atoms with Crippen LogP contribution >= 0.6 is 15.9 Å². The Morgan fingerprint density at radius 3 is 2.93 bits per heavy atom. The van der Waals surface area contributed by atoms with Gasteiger partial charge in [0, 0.05) is 11.0 Å². The molecule has 2 rings (SSSR count). The van der Waals surface area contributed by atoms with Gasteiger partial charge in [0.2, 0.25) is 0 Å². The van der Waals surface area contributed by atoms with Crippen LogP contribution in [0.3, 0.4) is 0 Å². The number of hydrogen-bond donors (Lipinski definition) is 2. The largest absolute Gasteiger partial charge is 0.381 e. The van der Waals surface area contributed by atoms with Crippen molar-refractivity contribution in [2.75, 3.05) is 17.2 Å². The monoisotopic (exact) mass is 254 g/mol. The Bertz CT molecular complexity index is 351. The quantitative estimate of drug-likeness (QED) is 0.803. The summed E-state index contributed by atoms with van der Waals surface area (Å²) in [7, 11) is 0. The molecule has 0 fully saturated rings. The zero-order chi connectivity index (χ0) is 10.2. The minimum absolute atomic E-state index is 0.174. The lowest BCUT2D eigenvalue weighted by Gasteiger charge is -2.37. The van der Waals surface area contributed by atoms with Gasteiger partial charge in [-0.05, 0) is 31.5 Å². The van der Waals surface area contributed by atoms with Crippen LogP contribution in [0.2, 0.25) is 0 Å². The van der Waals surface area contributed by atoms with E-state index in [-0.39, 0.29) is 5.54 Å². The number of benzene rings is 1. The van der Waals surface area contributed by atoms with E-state index in [1.165, 1.54) is 11.4 Å². The minimum atomic E-state index is 0.174. The van der Waals surface area contributed by atoms with E-state index >= 15 is 0 Å². The summed E-state index contributed by atoms with van der Waals surface area (Å²) in [6, 6.07) is 6.28. The highest BCUT2D eigenvalue weighted by Gasteiger charge is 2.26. The fourth-order valence-electron chi connectivity index (χ4n) is 1.65. The number of fused-ring (bicyclic) bond motifs is 1. The molecule has 0 saturated heterocycles. The lowest BCUT2D eigenvalue weighted by Crippen LogP contribution is -2.44. The van der Waals surface area contributed by atoms with E-state index < -0.39 is 0 Å². The van der Waals surface area contributed by atoms with Gasteiger partial charge in [0.15, 0.2) is 0 Å². The number of halogens is 1. The molecule has 3 heteroatoms. The standard InChI is InChI=1S/C11H15BrN2/c1-3-11(2)7-13-9-5-4-8(12)6-10(9)14-11/h4-6,13-14H,3,7H2,1-2H3. The van der Waals surface area contributed by atoms with Crippen LogP contribution in [0.15, 0.2) is 22.7 Å². The van der Waals surface area contributed by atoms with Gasteiger partial charge in [-0.1, -0.05) is 22.9 Å². The van der Waals surface area contributed by atoms with Crippen molar-refractivity contribution in [3.63, 3.8) is 0 Å². The Kier molecular flexibility index (Phi) is 2.43. The van der Waals surface area contributed by atoms with Crippen molar-refractivity contribution in [1.29, 1.82) is 0 Å². The fourth-order valence-corrected chi connectivity index (χ4v) is 2.01. The Morgan fingerprint density at radius 2 is 2.21 bits per heavy atom. The first-order valence-electron chi connectivity index (χ1n) is 4.94. The topological polar surface area (TPSA) is 24.1 Å². The molecule has 0 aliphatic carbocycles. The zero-order valence-electron chi connectivity index (χ0n) is 8.52. The molecular weight excluding hydrogens is 240 g/mol. The third-order valence-electron chi connectivity index (χ3n) is 2.87. The van der Waals surface area contributed by atoms with Crippen molar-refractivity contribution in [1.82, 2.24) is 0 Å². The maximum absolute atomic E-state index is 3.57. The summed E-state index contributed by atoms with van der Waals surface area (Å²) >= 11 is 3.48. The van der Waals surface area contributed by atoms with E-state index in [9.17, 15) is 0 Å². The molecule has 1 aliphatic rings. The lowest BCUT2D eigenvalue weighted by atomic mass is 9.95. The SMILES string of the molecule is CCC1(C)CNc2ccc(Br)cc2N1. The van der Waals surface area contributed by atoms with Gasteiger partial charge in [-0.3, -0.25) is 0 Å². The molecule has 76 valence electrons. The molecule has 2 N–H and O–H groups in total. The second-order valence-corrected chi connectivity index (χ2v) is 5.00. The first-order valence-corrected chi connectivity index (χ1v) is 5.74. The van der Waals surface area contributed by atoms with Crippen LogP contribution < -0.4 is 10.6 Å². The molecule has 14 heavy (non-hydrogen) atoms. The molecular formula is C11H15BrN2. The second kappa shape index (κ2) is 3.46. The molecule has 1 aliphatic heterocycles. The first kappa shape index (κ1) is 9.84. The molecule has 0 aromatic heterocycles. The van der Waals surface area contributed by atoms with Crippen molar-refractivity contribution >= 4 is 27.3 Å². The van der Waals surface area contributed by atoms with Gasteiger partial charge < -0.3 is 10.6 Å². The van der Waals surface area contributed by atoms with E-state index in [1.54, 1.807) is 0 Å². The van der Waals surface area contributed by atoms with E-state index in [1.807, 2.05) is 0 Å². The van der Waals surface area contributed by atoms with Crippen LogP contribution in [0.4, 0.5) is 11.4 Å². The minimum Gasteiger partial charge on any atom is -0.381 e. The summed E-state index contributed by atoms with van der Waals surface area (Å²) in [6.45, 7) is 5.43. The summed E-state index contributed by atoms with van der Waals surface area (Å²) in [5.74, 6) is 0. The molecule has 1 heterocycles. The molecule has 0 saturated carbocycles. The van der Waals surface area contributed by atoms with Crippen molar-refractivity contribution < 1.29 is 0 Å². The molecule has 1 unspecified atom stereocenters. The predicted octanol–water partition coefficient (Wildman–Crippen LogP) is 3.46. The van der Waals surface area contributed by atoms with Crippen LogP contribution in [-0.4, -0.2) is 12.1 Å². The average Bonchev–Trinajstić information content (AvgIpc) is 2.17. The van der Waals surface area contributed by atoms with Crippen molar-refractivity contribution in [2.45, 2.75) is 25.8 Å². The van der Waals surface area contributed by atoms with Gasteiger partial charge in [-0.2, -0.15) is 0 Å². The lowest BCUT2D eigenvalue weighted by molar-refractivity contribution is 0.513. The second-order valence-electron chi connectivity index (χ2n) is 4.08. The fraction of sp³-hybridized carbons (Fsp3) is 0.455. The summed E-state index contributed by atoms with van der Waals surface area (Å²) in [4.78, 5) is 0. The van der Waals surface area contributed by atoms with Gasteiger partial charge >= 0.3 is 0 Å². The summed E-state index contributed by atoms with van der Waals surface area (Å²) in [5, 5.41) is 7.02. The van der Waals surface area contributed by atoms with E-state index in [0.717, 1.165) is 17.4 Å². The molecule has 1 aromatic rings. The highest BCUT2D eigenvalue weighted by atomic mass is 79.9. The molecule has 0 bridgehead atoms. The molecule has 1 aromatic carbocycles. The van der Waals surface area contributed by atoms with Crippen LogP contribution in [0.1, 0.15) is 20.3 Å². The van der Waals surface area contributed by atoms with Crippen LogP contribution in [0.25, 0.3) is 0 Å². The number of anilines is 2. The molecule has 0 radical (unpaired) electrons. The number of nitrogens with one attached hydrogen (secondary N) is 2. The Hall–Kier alpha value is -0.700. The van der Waals surface area contributed by atoms with Gasteiger partial charge in [0.1, 0.15) is 0 Å². The molecule has 0 amide bonds.